The van der Waals surface area contributed by atoms with Crippen LogP contribution in [0.25, 0.3) is 27.8 Å². The molecular weight excluding hydrogens is 506 g/mol. The van der Waals surface area contributed by atoms with Crippen LogP contribution < -0.4 is 5.32 Å². The van der Waals surface area contributed by atoms with Crippen molar-refractivity contribution in [1.82, 2.24) is 9.47 Å². The Morgan fingerprint density at radius 1 is 0.846 bits per heavy atom. The van der Waals surface area contributed by atoms with Gasteiger partial charge in [0, 0.05) is 39.8 Å². The lowest BCUT2D eigenvalue weighted by atomic mass is 10.1. The van der Waals surface area contributed by atoms with Gasteiger partial charge in [0.05, 0.1) is 4.91 Å². The zero-order valence-corrected chi connectivity index (χ0v) is 22.1. The molecule has 1 aliphatic rings. The number of amides is 3. The number of nitrogens with one attached hydrogen (secondary N) is 1. The van der Waals surface area contributed by atoms with E-state index in [-0.39, 0.29) is 6.54 Å². The van der Waals surface area contributed by atoms with Crippen LogP contribution in [0.2, 0.25) is 0 Å². The molecule has 0 unspecified atom stereocenters. The monoisotopic (exact) mass is 531 g/mol. The Morgan fingerprint density at radius 3 is 2.36 bits per heavy atom. The van der Waals surface area contributed by atoms with Crippen molar-refractivity contribution in [1.29, 1.82) is 0 Å². The summed E-state index contributed by atoms with van der Waals surface area (Å²) in [6, 6.07) is 31.6. The summed E-state index contributed by atoms with van der Waals surface area (Å²) in [6.07, 6.45) is 1.78. The van der Waals surface area contributed by atoms with Crippen molar-refractivity contribution in [3.8, 4) is 0 Å². The lowest BCUT2D eigenvalue weighted by Gasteiger charge is -2.13. The number of anilines is 1. The Kier molecular flexibility index (Phi) is 6.50. The Morgan fingerprint density at radius 2 is 1.54 bits per heavy atom. The first-order valence-corrected chi connectivity index (χ1v) is 13.5. The summed E-state index contributed by atoms with van der Waals surface area (Å²) in [5, 5.41) is 5.30. The van der Waals surface area contributed by atoms with Gasteiger partial charge in [0.1, 0.15) is 6.54 Å². The van der Waals surface area contributed by atoms with Gasteiger partial charge in [-0.15, -0.1) is 0 Å². The third-order valence-corrected chi connectivity index (χ3v) is 7.89. The van der Waals surface area contributed by atoms with Crippen LogP contribution in [-0.2, 0) is 16.1 Å². The first-order valence-electron chi connectivity index (χ1n) is 12.6. The second kappa shape index (κ2) is 10.3. The van der Waals surface area contributed by atoms with E-state index in [2.05, 4.69) is 28.1 Å². The molecular formula is C32H25N3O3S. The van der Waals surface area contributed by atoms with E-state index < -0.39 is 17.1 Å². The first-order chi connectivity index (χ1) is 19.0. The standard InChI is InChI=1S/C32H25N3O3S/c1-21-26(25-15-7-8-17-28(25)34(21)19-22-10-3-2-4-11-22)18-29-31(37)35(32(38)39-29)20-30(36)33-27-16-9-13-23-12-5-6-14-24(23)27/h2-18H,19-20H2,1H3,(H,33,36)/b29-18-. The maximum atomic E-state index is 13.3. The average molecular weight is 532 g/mol. The first kappa shape index (κ1) is 24.7. The highest BCUT2D eigenvalue weighted by atomic mass is 32.2. The minimum absolute atomic E-state index is 0.309. The normalized spacial score (nSPS) is 14.6. The molecule has 0 atom stereocenters. The Labute approximate surface area is 229 Å². The molecule has 3 amide bonds. The summed E-state index contributed by atoms with van der Waals surface area (Å²) in [6.45, 7) is 2.37. The van der Waals surface area contributed by atoms with Crippen molar-refractivity contribution >= 4 is 62.3 Å². The largest absolute Gasteiger partial charge is 0.340 e. The molecule has 0 radical (unpaired) electrons. The SMILES string of the molecule is Cc1c(/C=C2\SC(=O)N(CC(=O)Nc3cccc4ccccc34)C2=O)c2ccccc2n1Cc1ccccc1. The summed E-state index contributed by atoms with van der Waals surface area (Å²) in [7, 11) is 0. The number of imide groups is 1. The molecule has 1 aliphatic heterocycles. The minimum Gasteiger partial charge on any atom is -0.340 e. The molecule has 5 aromatic rings. The van der Waals surface area contributed by atoms with Crippen LogP contribution >= 0.6 is 11.8 Å². The van der Waals surface area contributed by atoms with Crippen LogP contribution in [0, 0.1) is 6.92 Å². The van der Waals surface area contributed by atoms with Crippen LogP contribution in [0.4, 0.5) is 10.5 Å². The highest BCUT2D eigenvalue weighted by Crippen LogP contribution is 2.36. The fourth-order valence-electron chi connectivity index (χ4n) is 5.04. The minimum atomic E-state index is -0.461. The Hall–Kier alpha value is -4.62. The molecule has 0 spiro atoms. The van der Waals surface area contributed by atoms with Crippen molar-refractivity contribution in [2.75, 3.05) is 11.9 Å². The molecule has 1 fully saturated rings. The zero-order valence-electron chi connectivity index (χ0n) is 21.3. The highest BCUT2D eigenvalue weighted by Gasteiger charge is 2.36. The molecule has 0 saturated carbocycles. The molecule has 1 N–H and O–H groups in total. The number of rotatable bonds is 6. The predicted octanol–water partition coefficient (Wildman–Crippen LogP) is 6.83. The number of hydrogen-bond acceptors (Lipinski definition) is 4. The van der Waals surface area contributed by atoms with Gasteiger partial charge < -0.3 is 9.88 Å². The van der Waals surface area contributed by atoms with Crippen LogP contribution in [-0.4, -0.2) is 33.1 Å². The maximum Gasteiger partial charge on any atom is 0.294 e. The topological polar surface area (TPSA) is 71.4 Å². The molecule has 2 heterocycles. The average Bonchev–Trinajstić information content (AvgIpc) is 3.37. The van der Waals surface area contributed by atoms with E-state index >= 15 is 0 Å². The molecule has 7 heteroatoms. The summed E-state index contributed by atoms with van der Waals surface area (Å²) in [5.41, 5.74) is 4.76. The molecule has 39 heavy (non-hydrogen) atoms. The van der Waals surface area contributed by atoms with Gasteiger partial charge in [-0.2, -0.15) is 0 Å². The molecule has 4 aromatic carbocycles. The second-order valence-corrected chi connectivity index (χ2v) is 10.4. The van der Waals surface area contributed by atoms with Crippen LogP contribution in [0.1, 0.15) is 16.8 Å². The van der Waals surface area contributed by atoms with E-state index in [1.807, 2.05) is 85.8 Å². The van der Waals surface area contributed by atoms with E-state index in [0.29, 0.717) is 17.1 Å². The summed E-state index contributed by atoms with van der Waals surface area (Å²) in [5.74, 6) is -0.886. The number of carbonyl (C=O) groups is 3. The predicted molar refractivity (Wildman–Crippen MR) is 157 cm³/mol. The number of carbonyl (C=O) groups excluding carboxylic acids is 3. The van der Waals surface area contributed by atoms with E-state index in [1.165, 1.54) is 5.56 Å². The molecule has 1 aromatic heterocycles. The van der Waals surface area contributed by atoms with Crippen molar-refractivity contribution in [3.05, 3.63) is 119 Å². The lowest BCUT2D eigenvalue weighted by molar-refractivity contribution is -0.127. The Bertz CT molecular complexity index is 1780. The molecule has 0 bridgehead atoms. The molecule has 0 aliphatic carbocycles. The molecule has 192 valence electrons. The fraction of sp³-hybridized carbons (Fsp3) is 0.0938. The van der Waals surface area contributed by atoms with Crippen LogP contribution in [0.5, 0.6) is 0 Å². The number of nitrogens with zero attached hydrogens (tertiary/aromatic N) is 2. The molecule has 1 saturated heterocycles. The quantitative estimate of drug-likeness (QED) is 0.244. The van der Waals surface area contributed by atoms with E-state index in [0.717, 1.165) is 49.6 Å². The maximum absolute atomic E-state index is 13.3. The van der Waals surface area contributed by atoms with Gasteiger partial charge in [-0.05, 0) is 47.8 Å². The van der Waals surface area contributed by atoms with Gasteiger partial charge in [0.25, 0.3) is 11.1 Å². The highest BCUT2D eigenvalue weighted by molar-refractivity contribution is 8.18. The number of thioether (sulfide) groups is 1. The van der Waals surface area contributed by atoms with Crippen molar-refractivity contribution in [2.45, 2.75) is 13.5 Å². The second-order valence-electron chi connectivity index (χ2n) is 9.43. The fourth-order valence-corrected chi connectivity index (χ4v) is 5.86. The van der Waals surface area contributed by atoms with Crippen molar-refractivity contribution in [2.24, 2.45) is 0 Å². The van der Waals surface area contributed by atoms with Gasteiger partial charge in [0.2, 0.25) is 5.91 Å². The number of hydrogen-bond donors (Lipinski definition) is 1. The summed E-state index contributed by atoms with van der Waals surface area (Å²) >= 11 is 0.867. The number of aromatic nitrogens is 1. The number of para-hydroxylation sites is 1. The summed E-state index contributed by atoms with van der Waals surface area (Å²) < 4.78 is 2.22. The molecule has 6 nitrogen and oxygen atoms in total. The van der Waals surface area contributed by atoms with Gasteiger partial charge in [-0.3, -0.25) is 19.3 Å². The van der Waals surface area contributed by atoms with E-state index in [4.69, 9.17) is 0 Å². The van der Waals surface area contributed by atoms with Gasteiger partial charge in [0.15, 0.2) is 0 Å². The number of fused-ring (bicyclic) bond motifs is 2. The third-order valence-electron chi connectivity index (χ3n) is 6.98. The lowest BCUT2D eigenvalue weighted by Crippen LogP contribution is -2.36. The van der Waals surface area contributed by atoms with Gasteiger partial charge in [-0.25, -0.2) is 0 Å². The van der Waals surface area contributed by atoms with Crippen LogP contribution in [0.15, 0.2) is 102 Å². The Balaban J connectivity index is 1.26. The molecule has 6 rings (SSSR count). The smallest absolute Gasteiger partial charge is 0.294 e. The third kappa shape index (κ3) is 4.73. The summed E-state index contributed by atoms with van der Waals surface area (Å²) in [4.78, 5) is 40.3. The van der Waals surface area contributed by atoms with Crippen molar-refractivity contribution in [3.63, 3.8) is 0 Å². The van der Waals surface area contributed by atoms with Crippen molar-refractivity contribution < 1.29 is 14.4 Å². The van der Waals surface area contributed by atoms with E-state index in [9.17, 15) is 14.4 Å². The van der Waals surface area contributed by atoms with Gasteiger partial charge in [-0.1, -0.05) is 84.9 Å². The zero-order chi connectivity index (χ0) is 26.9. The number of benzene rings is 4. The van der Waals surface area contributed by atoms with Gasteiger partial charge >= 0.3 is 0 Å². The van der Waals surface area contributed by atoms with E-state index in [1.54, 1.807) is 6.08 Å². The van der Waals surface area contributed by atoms with Crippen LogP contribution in [0.3, 0.4) is 0 Å².